The summed E-state index contributed by atoms with van der Waals surface area (Å²) in [6.07, 6.45) is 1.98. The number of fused-ring (bicyclic) bond motifs is 1. The van der Waals surface area contributed by atoms with Crippen molar-refractivity contribution in [1.29, 1.82) is 15.8 Å². The lowest BCUT2D eigenvalue weighted by atomic mass is 9.58. The van der Waals surface area contributed by atoms with E-state index >= 15 is 0 Å². The van der Waals surface area contributed by atoms with Gasteiger partial charge in [0.05, 0.1) is 33.5 Å². The molecular formula is C21H19Cl2N5. The summed E-state index contributed by atoms with van der Waals surface area (Å²) in [6.45, 7) is 5.42. The van der Waals surface area contributed by atoms with E-state index < -0.39 is 11.3 Å². The SMILES string of the molecule is CC(C)N1CC=C2C(C#N)=C(N)C(C#N)(C#N)[C@H](c3cccc(Cl)c3Cl)[C@H]2C1. The van der Waals surface area contributed by atoms with Crippen LogP contribution in [-0.4, -0.2) is 24.0 Å². The van der Waals surface area contributed by atoms with E-state index in [-0.39, 0.29) is 23.2 Å². The van der Waals surface area contributed by atoms with E-state index in [2.05, 4.69) is 37.0 Å². The van der Waals surface area contributed by atoms with E-state index in [1.165, 1.54) is 0 Å². The van der Waals surface area contributed by atoms with Gasteiger partial charge in [0.2, 0.25) is 0 Å². The van der Waals surface area contributed by atoms with Gasteiger partial charge < -0.3 is 5.73 Å². The van der Waals surface area contributed by atoms with Crippen LogP contribution in [0.4, 0.5) is 0 Å². The van der Waals surface area contributed by atoms with Crippen LogP contribution in [0.1, 0.15) is 25.3 Å². The number of nitrogens with zero attached hydrogens (tertiary/aromatic N) is 4. The van der Waals surface area contributed by atoms with Crippen LogP contribution in [0.3, 0.4) is 0 Å². The molecule has 1 heterocycles. The molecule has 3 rings (SSSR count). The Morgan fingerprint density at radius 2 is 1.89 bits per heavy atom. The highest BCUT2D eigenvalue weighted by Crippen LogP contribution is 2.55. The van der Waals surface area contributed by atoms with Crippen molar-refractivity contribution in [3.8, 4) is 18.2 Å². The first-order valence-electron chi connectivity index (χ1n) is 8.93. The number of allylic oxidation sites excluding steroid dienone is 2. The molecule has 2 atom stereocenters. The first kappa shape index (κ1) is 20.2. The van der Waals surface area contributed by atoms with Crippen molar-refractivity contribution < 1.29 is 0 Å². The van der Waals surface area contributed by atoms with Crippen LogP contribution < -0.4 is 5.73 Å². The van der Waals surface area contributed by atoms with Crippen LogP contribution >= 0.6 is 23.2 Å². The maximum Gasteiger partial charge on any atom is 0.191 e. The van der Waals surface area contributed by atoms with Gasteiger partial charge in [0.15, 0.2) is 5.41 Å². The zero-order valence-electron chi connectivity index (χ0n) is 15.6. The summed E-state index contributed by atoms with van der Waals surface area (Å²) in [5.41, 5.74) is 6.17. The molecule has 0 saturated carbocycles. The quantitative estimate of drug-likeness (QED) is 0.787. The molecule has 0 amide bonds. The molecule has 0 fully saturated rings. The molecule has 28 heavy (non-hydrogen) atoms. The highest BCUT2D eigenvalue weighted by atomic mass is 35.5. The largest absolute Gasteiger partial charge is 0.399 e. The second-order valence-electron chi connectivity index (χ2n) is 7.37. The number of benzene rings is 1. The van der Waals surface area contributed by atoms with Crippen LogP contribution in [0.5, 0.6) is 0 Å². The molecule has 1 aromatic rings. The van der Waals surface area contributed by atoms with E-state index in [9.17, 15) is 15.8 Å². The second kappa shape index (κ2) is 7.50. The first-order valence-corrected chi connectivity index (χ1v) is 9.69. The molecule has 1 aliphatic carbocycles. The van der Waals surface area contributed by atoms with Gasteiger partial charge in [0.25, 0.3) is 0 Å². The van der Waals surface area contributed by atoms with Crippen molar-refractivity contribution in [2.75, 3.05) is 13.1 Å². The molecule has 0 spiro atoms. The molecular weight excluding hydrogens is 393 g/mol. The molecule has 2 N–H and O–H groups in total. The van der Waals surface area contributed by atoms with Gasteiger partial charge in [0, 0.05) is 31.0 Å². The van der Waals surface area contributed by atoms with Crippen molar-refractivity contribution in [1.82, 2.24) is 4.90 Å². The molecule has 0 saturated heterocycles. The van der Waals surface area contributed by atoms with Gasteiger partial charge in [-0.3, -0.25) is 4.90 Å². The third-order valence-electron chi connectivity index (χ3n) is 5.74. The predicted molar refractivity (Wildman–Crippen MR) is 108 cm³/mol. The Morgan fingerprint density at radius 1 is 1.21 bits per heavy atom. The lowest BCUT2D eigenvalue weighted by Crippen LogP contribution is -2.49. The Bertz CT molecular complexity index is 989. The van der Waals surface area contributed by atoms with E-state index in [1.807, 2.05) is 6.08 Å². The minimum atomic E-state index is -1.71. The summed E-state index contributed by atoms with van der Waals surface area (Å²) in [5.74, 6) is -0.924. The highest BCUT2D eigenvalue weighted by Gasteiger charge is 2.55. The fourth-order valence-corrected chi connectivity index (χ4v) is 4.65. The van der Waals surface area contributed by atoms with Crippen molar-refractivity contribution >= 4 is 23.2 Å². The van der Waals surface area contributed by atoms with Crippen LogP contribution in [0.15, 0.2) is 41.1 Å². The maximum absolute atomic E-state index is 10.1. The summed E-state index contributed by atoms with van der Waals surface area (Å²) < 4.78 is 0. The average Bonchev–Trinajstić information content (AvgIpc) is 2.69. The zero-order chi connectivity index (χ0) is 20.6. The minimum Gasteiger partial charge on any atom is -0.399 e. The van der Waals surface area contributed by atoms with Crippen LogP contribution in [0.25, 0.3) is 0 Å². The number of nitriles is 3. The first-order chi connectivity index (χ1) is 13.3. The molecule has 0 bridgehead atoms. The Kier molecular flexibility index (Phi) is 5.42. The fraction of sp³-hybridized carbons (Fsp3) is 0.381. The van der Waals surface area contributed by atoms with Gasteiger partial charge in [0.1, 0.15) is 6.07 Å². The Hall–Kier alpha value is -2.49. The topological polar surface area (TPSA) is 101 Å². The Balaban J connectivity index is 2.35. The number of hydrogen-bond donors (Lipinski definition) is 1. The Labute approximate surface area is 174 Å². The summed E-state index contributed by atoms with van der Waals surface area (Å²) in [6, 6.07) is 11.8. The van der Waals surface area contributed by atoms with Crippen LogP contribution in [0.2, 0.25) is 10.0 Å². The van der Waals surface area contributed by atoms with E-state index in [0.717, 1.165) is 5.57 Å². The fourth-order valence-electron chi connectivity index (χ4n) is 4.23. The molecule has 5 nitrogen and oxygen atoms in total. The standard InChI is InChI=1S/C21H19Cl2N5/c1-12(2)28-7-6-13-15(8-24)20(27)21(10-25,11-26)18(16(13)9-28)14-4-3-5-17(22)19(14)23/h3-6,12,16,18H,7,9,27H2,1-2H3/t16-,18+/m0/s1. The molecule has 1 aliphatic heterocycles. The summed E-state index contributed by atoms with van der Waals surface area (Å²) >= 11 is 12.8. The molecule has 142 valence electrons. The van der Waals surface area contributed by atoms with Crippen molar-refractivity contribution in [3.05, 3.63) is 56.7 Å². The lowest BCUT2D eigenvalue weighted by molar-refractivity contribution is 0.174. The van der Waals surface area contributed by atoms with Gasteiger partial charge in [-0.15, -0.1) is 0 Å². The molecule has 1 aromatic carbocycles. The van der Waals surface area contributed by atoms with Gasteiger partial charge in [-0.2, -0.15) is 15.8 Å². The second-order valence-corrected chi connectivity index (χ2v) is 8.15. The van der Waals surface area contributed by atoms with Gasteiger partial charge in [-0.25, -0.2) is 0 Å². The van der Waals surface area contributed by atoms with Crippen LogP contribution in [0, 0.1) is 45.3 Å². The van der Waals surface area contributed by atoms with Gasteiger partial charge in [-0.1, -0.05) is 41.4 Å². The number of halogens is 2. The van der Waals surface area contributed by atoms with Crippen molar-refractivity contribution in [2.45, 2.75) is 25.8 Å². The van der Waals surface area contributed by atoms with Crippen molar-refractivity contribution in [3.63, 3.8) is 0 Å². The minimum absolute atomic E-state index is 0.0125. The summed E-state index contributed by atoms with van der Waals surface area (Å²) in [5, 5.41) is 30.6. The third kappa shape index (κ3) is 2.86. The average molecular weight is 412 g/mol. The van der Waals surface area contributed by atoms with E-state index in [1.54, 1.807) is 18.2 Å². The van der Waals surface area contributed by atoms with Crippen LogP contribution in [-0.2, 0) is 0 Å². The van der Waals surface area contributed by atoms with Crippen molar-refractivity contribution in [2.24, 2.45) is 17.1 Å². The molecule has 0 aromatic heterocycles. The smallest absolute Gasteiger partial charge is 0.191 e. The predicted octanol–water partition coefficient (Wildman–Crippen LogP) is 4.13. The van der Waals surface area contributed by atoms with E-state index in [4.69, 9.17) is 28.9 Å². The number of nitrogens with two attached hydrogens (primary N) is 1. The van der Waals surface area contributed by atoms with Gasteiger partial charge >= 0.3 is 0 Å². The molecule has 0 unspecified atom stereocenters. The normalized spacial score (nSPS) is 24.0. The molecule has 7 heteroatoms. The third-order valence-corrected chi connectivity index (χ3v) is 6.57. The summed E-state index contributed by atoms with van der Waals surface area (Å²) in [7, 11) is 0. The number of hydrogen-bond acceptors (Lipinski definition) is 5. The zero-order valence-corrected chi connectivity index (χ0v) is 17.1. The molecule has 0 radical (unpaired) electrons. The monoisotopic (exact) mass is 411 g/mol. The van der Waals surface area contributed by atoms with Gasteiger partial charge in [-0.05, 0) is 31.1 Å². The maximum atomic E-state index is 10.1. The molecule has 2 aliphatic rings. The lowest BCUT2D eigenvalue weighted by Gasteiger charge is -2.46. The highest BCUT2D eigenvalue weighted by molar-refractivity contribution is 6.42. The Morgan fingerprint density at radius 3 is 2.46 bits per heavy atom. The van der Waals surface area contributed by atoms with E-state index in [0.29, 0.717) is 28.7 Å². The summed E-state index contributed by atoms with van der Waals surface area (Å²) in [4.78, 5) is 2.23. The number of rotatable bonds is 2.